The summed E-state index contributed by atoms with van der Waals surface area (Å²) in [6.07, 6.45) is 3.85. The third-order valence-corrected chi connectivity index (χ3v) is 7.72. The maximum Gasteiger partial charge on any atom is 0.514 e. The van der Waals surface area contributed by atoms with E-state index >= 15 is 0 Å². The van der Waals surface area contributed by atoms with Crippen molar-refractivity contribution in [1.82, 2.24) is 30.2 Å². The Hall–Kier alpha value is -5.26. The van der Waals surface area contributed by atoms with Gasteiger partial charge in [0.25, 0.3) is 6.01 Å². The highest BCUT2D eigenvalue weighted by Crippen LogP contribution is 2.35. The number of carbonyl (C=O) groups is 2. The summed E-state index contributed by atoms with van der Waals surface area (Å²) in [5.74, 6) is 0.163. The smallest absolute Gasteiger partial charge is 0.465 e. The fourth-order valence-corrected chi connectivity index (χ4v) is 5.65. The first-order valence-electron chi connectivity index (χ1n) is 15.2. The minimum atomic E-state index is -0.795. The van der Waals surface area contributed by atoms with E-state index in [0.29, 0.717) is 30.0 Å². The number of aromatic amines is 1. The molecule has 5 aromatic rings. The van der Waals surface area contributed by atoms with E-state index in [0.717, 1.165) is 54.4 Å². The molecule has 0 atom stereocenters. The second-order valence-corrected chi connectivity index (χ2v) is 10.7. The fourth-order valence-electron chi connectivity index (χ4n) is 5.65. The Kier molecular flexibility index (Phi) is 8.99. The van der Waals surface area contributed by atoms with Gasteiger partial charge in [-0.25, -0.2) is 9.59 Å². The second-order valence-electron chi connectivity index (χ2n) is 10.7. The molecular formula is C33H34N6O6. The molecule has 232 valence electrons. The van der Waals surface area contributed by atoms with E-state index in [1.807, 2.05) is 55.5 Å². The summed E-state index contributed by atoms with van der Waals surface area (Å²) in [7, 11) is 0. The molecule has 2 aromatic heterocycles. The highest BCUT2D eigenvalue weighted by molar-refractivity contribution is 6.04. The number of fused-ring (bicyclic) bond motifs is 1. The summed E-state index contributed by atoms with van der Waals surface area (Å²) in [6.45, 7) is 4.45. The summed E-state index contributed by atoms with van der Waals surface area (Å²) in [6, 6.07) is 19.2. The number of ether oxygens (including phenoxy) is 4. The zero-order valence-electron chi connectivity index (χ0n) is 25.2. The third kappa shape index (κ3) is 6.49. The number of benzene rings is 3. The topological polar surface area (TPSA) is 143 Å². The van der Waals surface area contributed by atoms with E-state index in [1.165, 1.54) is 0 Å². The predicted molar refractivity (Wildman–Crippen MR) is 165 cm³/mol. The number of aromatic nitrogens is 6. The number of hydrogen-bond acceptors (Lipinski definition) is 10. The Labute approximate surface area is 259 Å². The highest BCUT2D eigenvalue weighted by atomic mass is 16.7. The summed E-state index contributed by atoms with van der Waals surface area (Å²) >= 11 is 0. The van der Waals surface area contributed by atoms with E-state index in [1.54, 1.807) is 23.6 Å². The van der Waals surface area contributed by atoms with Crippen molar-refractivity contribution in [3.63, 3.8) is 0 Å². The van der Waals surface area contributed by atoms with Gasteiger partial charge in [-0.05, 0) is 73.6 Å². The van der Waals surface area contributed by atoms with Crippen LogP contribution in [0.3, 0.4) is 0 Å². The molecule has 1 N–H and O–H groups in total. The van der Waals surface area contributed by atoms with Gasteiger partial charge in [0, 0.05) is 5.56 Å². The molecule has 0 aliphatic heterocycles. The van der Waals surface area contributed by atoms with Gasteiger partial charge >= 0.3 is 12.1 Å². The molecule has 0 bridgehead atoms. The van der Waals surface area contributed by atoms with Crippen molar-refractivity contribution in [1.29, 1.82) is 0 Å². The first kappa shape index (κ1) is 29.8. The van der Waals surface area contributed by atoms with Crippen molar-refractivity contribution in [3.05, 3.63) is 71.8 Å². The lowest BCUT2D eigenvalue weighted by molar-refractivity contribution is 0.0419. The highest BCUT2D eigenvalue weighted by Gasteiger charge is 2.26. The second kappa shape index (κ2) is 13.6. The number of imidazole rings is 1. The standard InChI is InChI=1S/C33H34N6O6/c1-3-42-31(40)26-18-19-27(45-33(41)44-23-10-6-5-7-11-23)28-29(26)39(32(34-28)43-4-2)20-21-14-16-22(17-15-21)24-12-8-9-13-25(24)30-35-37-38-36-30/h8-9,12-19,23H,3-7,10-11,20H2,1-2H3,(H,35,36,37,38). The Morgan fingerprint density at radius 2 is 1.71 bits per heavy atom. The molecule has 0 spiro atoms. The van der Waals surface area contributed by atoms with Gasteiger partial charge in [-0.3, -0.25) is 4.57 Å². The fraction of sp³-hybridized carbons (Fsp3) is 0.333. The Balaban J connectivity index is 1.35. The van der Waals surface area contributed by atoms with E-state index < -0.39 is 12.1 Å². The third-order valence-electron chi connectivity index (χ3n) is 7.72. The van der Waals surface area contributed by atoms with Crippen LogP contribution in [0.15, 0.2) is 60.7 Å². The van der Waals surface area contributed by atoms with Crippen LogP contribution in [0.5, 0.6) is 11.8 Å². The van der Waals surface area contributed by atoms with Crippen LogP contribution >= 0.6 is 0 Å². The number of hydrogen-bond donors (Lipinski definition) is 1. The van der Waals surface area contributed by atoms with Gasteiger partial charge in [0.15, 0.2) is 5.75 Å². The van der Waals surface area contributed by atoms with Gasteiger partial charge in [-0.1, -0.05) is 55.0 Å². The number of esters is 1. The maximum absolute atomic E-state index is 13.1. The van der Waals surface area contributed by atoms with Crippen LogP contribution in [0.25, 0.3) is 33.5 Å². The molecule has 0 amide bonds. The monoisotopic (exact) mass is 610 g/mol. The number of nitrogens with one attached hydrogen (secondary N) is 1. The Bertz CT molecular complexity index is 1780. The summed E-state index contributed by atoms with van der Waals surface area (Å²) in [5.41, 5.74) is 4.73. The van der Waals surface area contributed by atoms with Gasteiger partial charge in [0.05, 0.1) is 30.8 Å². The quantitative estimate of drug-likeness (QED) is 0.140. The normalized spacial score (nSPS) is 13.5. The van der Waals surface area contributed by atoms with Crippen LogP contribution in [0.1, 0.15) is 61.9 Å². The van der Waals surface area contributed by atoms with Crippen LogP contribution in [0.4, 0.5) is 4.79 Å². The first-order chi connectivity index (χ1) is 22.1. The molecule has 0 radical (unpaired) electrons. The number of rotatable bonds is 10. The molecule has 3 aromatic carbocycles. The first-order valence-corrected chi connectivity index (χ1v) is 15.2. The zero-order chi connectivity index (χ0) is 31.2. The molecule has 45 heavy (non-hydrogen) atoms. The SMILES string of the molecule is CCOC(=O)c1ccc(OC(=O)OC2CCCCC2)c2nc(OCC)n(Cc3ccc(-c4ccccc4-c4nn[nH]n4)cc3)c12. The Morgan fingerprint density at radius 1 is 0.933 bits per heavy atom. The predicted octanol–water partition coefficient (Wildman–Crippen LogP) is 6.36. The molecule has 2 heterocycles. The molecule has 1 saturated carbocycles. The van der Waals surface area contributed by atoms with Crippen LogP contribution in [0, 0.1) is 0 Å². The average molecular weight is 611 g/mol. The van der Waals surface area contributed by atoms with E-state index in [-0.39, 0.29) is 30.0 Å². The van der Waals surface area contributed by atoms with Crippen molar-refractivity contribution in [2.75, 3.05) is 13.2 Å². The molecule has 1 aliphatic rings. The largest absolute Gasteiger partial charge is 0.514 e. The summed E-state index contributed by atoms with van der Waals surface area (Å²) < 4.78 is 24.3. The lowest BCUT2D eigenvalue weighted by Crippen LogP contribution is -2.23. The number of nitrogens with zero attached hydrogens (tertiary/aromatic N) is 5. The molecule has 0 saturated heterocycles. The van der Waals surface area contributed by atoms with Gasteiger partial charge in [-0.2, -0.15) is 10.2 Å². The molecule has 1 fully saturated rings. The summed E-state index contributed by atoms with van der Waals surface area (Å²) in [4.78, 5) is 30.6. The summed E-state index contributed by atoms with van der Waals surface area (Å²) in [5, 5.41) is 14.5. The van der Waals surface area contributed by atoms with Crippen molar-refractivity contribution >= 4 is 23.2 Å². The lowest BCUT2D eigenvalue weighted by Gasteiger charge is -2.21. The molecular weight excluding hydrogens is 576 g/mol. The molecule has 0 unspecified atom stereocenters. The molecule has 6 rings (SSSR count). The average Bonchev–Trinajstić information content (AvgIpc) is 3.72. The molecule has 12 heteroatoms. The van der Waals surface area contributed by atoms with E-state index in [4.69, 9.17) is 18.9 Å². The van der Waals surface area contributed by atoms with Gasteiger partial charge in [0.1, 0.15) is 11.6 Å². The molecule has 12 nitrogen and oxygen atoms in total. The van der Waals surface area contributed by atoms with Crippen LogP contribution in [-0.4, -0.2) is 61.6 Å². The van der Waals surface area contributed by atoms with Crippen molar-refractivity contribution < 1.29 is 28.5 Å². The van der Waals surface area contributed by atoms with Crippen molar-refractivity contribution in [2.24, 2.45) is 0 Å². The lowest BCUT2D eigenvalue weighted by atomic mass is 9.98. The van der Waals surface area contributed by atoms with Crippen LogP contribution < -0.4 is 9.47 Å². The van der Waals surface area contributed by atoms with Crippen molar-refractivity contribution in [2.45, 2.75) is 58.6 Å². The number of H-pyrrole nitrogens is 1. The van der Waals surface area contributed by atoms with Crippen LogP contribution in [0.2, 0.25) is 0 Å². The maximum atomic E-state index is 13.1. The number of carbonyl (C=O) groups excluding carboxylic acids is 2. The van der Waals surface area contributed by atoms with E-state index in [2.05, 4.69) is 25.6 Å². The van der Waals surface area contributed by atoms with Gasteiger partial charge in [-0.15, -0.1) is 10.2 Å². The minimum absolute atomic E-state index is 0.167. The number of tetrazole rings is 1. The van der Waals surface area contributed by atoms with Crippen LogP contribution in [-0.2, 0) is 16.0 Å². The van der Waals surface area contributed by atoms with E-state index in [9.17, 15) is 9.59 Å². The minimum Gasteiger partial charge on any atom is -0.465 e. The molecule has 1 aliphatic carbocycles. The zero-order valence-corrected chi connectivity index (χ0v) is 25.2. The van der Waals surface area contributed by atoms with Crippen molar-refractivity contribution in [3.8, 4) is 34.3 Å². The Morgan fingerprint density at radius 3 is 2.42 bits per heavy atom. The van der Waals surface area contributed by atoms with Gasteiger partial charge < -0.3 is 18.9 Å². The van der Waals surface area contributed by atoms with Gasteiger partial charge in [0.2, 0.25) is 5.82 Å².